The average Bonchev–Trinajstić information content (AvgIpc) is 3.13. The van der Waals surface area contributed by atoms with Gasteiger partial charge in [0.05, 0.1) is 19.1 Å². The minimum atomic E-state index is -0.872. The number of ether oxygens (including phenoxy) is 2. The molecule has 0 saturated carbocycles. The second kappa shape index (κ2) is 24.2. The molecular formula is C45H65NO4S. The molecule has 0 fully saturated rings. The Kier molecular flexibility index (Phi) is 20.1. The summed E-state index contributed by atoms with van der Waals surface area (Å²) in [5, 5.41) is 3.31. The molecule has 0 radical (unpaired) electrons. The first kappa shape index (κ1) is 42.3. The van der Waals surface area contributed by atoms with E-state index in [1.54, 1.807) is 11.8 Å². The number of carbonyl (C=O) groups excluding carboxylic acids is 2. The Morgan fingerprint density at radius 3 is 1.49 bits per heavy atom. The molecule has 1 atom stereocenters. The predicted octanol–water partition coefficient (Wildman–Crippen LogP) is 11.4. The van der Waals surface area contributed by atoms with Crippen LogP contribution in [0.4, 0.5) is 0 Å². The van der Waals surface area contributed by atoms with Gasteiger partial charge in [-0.05, 0) is 43.9 Å². The molecule has 0 heterocycles. The summed E-state index contributed by atoms with van der Waals surface area (Å²) in [7, 11) is 0. The van der Waals surface area contributed by atoms with Crippen LogP contribution in [0.3, 0.4) is 0 Å². The van der Waals surface area contributed by atoms with Crippen molar-refractivity contribution in [1.29, 1.82) is 0 Å². The maximum Gasteiger partial charge on any atom is 0.307 e. The van der Waals surface area contributed by atoms with E-state index >= 15 is 0 Å². The van der Waals surface area contributed by atoms with E-state index in [0.717, 1.165) is 29.5 Å². The summed E-state index contributed by atoms with van der Waals surface area (Å²) in [5.41, 5.74) is 1.70. The molecule has 1 N–H and O–H groups in total. The first-order valence-corrected chi connectivity index (χ1v) is 20.8. The fourth-order valence-electron chi connectivity index (χ4n) is 6.50. The molecule has 3 aromatic rings. The Labute approximate surface area is 314 Å². The third kappa shape index (κ3) is 16.4. The molecule has 0 bridgehead atoms. The minimum absolute atomic E-state index is 0.0594. The molecule has 3 aromatic carbocycles. The number of nitrogens with one attached hydrogen (secondary N) is 1. The zero-order valence-corrected chi connectivity index (χ0v) is 32.8. The van der Waals surface area contributed by atoms with Crippen molar-refractivity contribution >= 4 is 23.6 Å². The van der Waals surface area contributed by atoms with E-state index in [0.29, 0.717) is 31.0 Å². The third-order valence-electron chi connectivity index (χ3n) is 9.10. The van der Waals surface area contributed by atoms with Crippen molar-refractivity contribution in [2.45, 2.75) is 141 Å². The quantitative estimate of drug-likeness (QED) is 0.0509. The number of thioether (sulfide) groups is 1. The number of amides is 1. The molecule has 6 heteroatoms. The number of hydrogen-bond donors (Lipinski definition) is 1. The van der Waals surface area contributed by atoms with Gasteiger partial charge in [0.1, 0.15) is 11.2 Å². The smallest absolute Gasteiger partial charge is 0.307 e. The number of carbonyl (C=O) groups is 2. The van der Waals surface area contributed by atoms with Gasteiger partial charge in [-0.2, -0.15) is 11.8 Å². The lowest BCUT2D eigenvalue weighted by atomic mass is 9.80. The Morgan fingerprint density at radius 1 is 0.627 bits per heavy atom. The van der Waals surface area contributed by atoms with Gasteiger partial charge in [-0.1, -0.05) is 175 Å². The van der Waals surface area contributed by atoms with Gasteiger partial charge in [0.25, 0.3) is 0 Å². The van der Waals surface area contributed by atoms with Crippen molar-refractivity contribution in [3.63, 3.8) is 0 Å². The summed E-state index contributed by atoms with van der Waals surface area (Å²) in [6, 6.07) is 30.7. The van der Waals surface area contributed by atoms with Crippen molar-refractivity contribution in [3.05, 3.63) is 108 Å². The lowest BCUT2D eigenvalue weighted by molar-refractivity contribution is -0.154. The molecule has 0 aliphatic heterocycles. The molecule has 3 rings (SSSR count). The van der Waals surface area contributed by atoms with E-state index in [2.05, 4.69) is 48.6 Å². The van der Waals surface area contributed by atoms with Crippen LogP contribution in [-0.4, -0.2) is 41.6 Å². The normalized spacial score (nSPS) is 12.4. The first-order chi connectivity index (χ1) is 24.7. The predicted molar refractivity (Wildman–Crippen MR) is 215 cm³/mol. The van der Waals surface area contributed by atoms with Crippen LogP contribution < -0.4 is 5.32 Å². The van der Waals surface area contributed by atoms with E-state index < -0.39 is 11.2 Å². The molecule has 0 saturated heterocycles. The summed E-state index contributed by atoms with van der Waals surface area (Å²) in [6.07, 6.45) is 17.5. The van der Waals surface area contributed by atoms with Crippen LogP contribution in [0.2, 0.25) is 0 Å². The maximum atomic E-state index is 13.3. The summed E-state index contributed by atoms with van der Waals surface area (Å²) >= 11 is 1.65. The highest BCUT2D eigenvalue weighted by Crippen LogP contribution is 2.40. The molecule has 0 spiro atoms. The van der Waals surface area contributed by atoms with E-state index in [4.69, 9.17) is 9.47 Å². The third-order valence-corrected chi connectivity index (χ3v) is 10.2. The SMILES string of the molecule is CCCCCCCCCCCCCCCC(=O)NC(COC(c1ccccc1)(c1ccccc1)c1ccccc1)CSCCC(=O)OC(C)(C)C. The monoisotopic (exact) mass is 715 g/mol. The Balaban J connectivity index is 1.61. The molecular weight excluding hydrogens is 651 g/mol. The minimum Gasteiger partial charge on any atom is -0.460 e. The summed E-state index contributed by atoms with van der Waals surface area (Å²) in [5.74, 6) is 1.10. The van der Waals surface area contributed by atoms with Gasteiger partial charge in [-0.25, -0.2) is 0 Å². The molecule has 0 aromatic heterocycles. The van der Waals surface area contributed by atoms with Gasteiger partial charge in [0, 0.05) is 17.9 Å². The molecule has 0 aliphatic carbocycles. The van der Waals surface area contributed by atoms with Crippen molar-refractivity contribution in [2.24, 2.45) is 0 Å². The van der Waals surface area contributed by atoms with Crippen LogP contribution in [0, 0.1) is 0 Å². The molecule has 280 valence electrons. The number of benzene rings is 3. The zero-order chi connectivity index (χ0) is 36.6. The Morgan fingerprint density at radius 2 is 1.06 bits per heavy atom. The number of hydrogen-bond acceptors (Lipinski definition) is 5. The van der Waals surface area contributed by atoms with Crippen molar-refractivity contribution in [2.75, 3.05) is 18.1 Å². The van der Waals surface area contributed by atoms with Crippen LogP contribution >= 0.6 is 11.8 Å². The molecule has 1 unspecified atom stereocenters. The Hall–Kier alpha value is -3.09. The standard InChI is InChI=1S/C45H65NO4S/c1-5-6-7-8-9-10-11-12-13-14-15-16-26-33-42(47)46-41(37-51-35-34-43(48)50-44(2,3)4)36-49-45(38-27-20-17-21-28-38,39-29-22-18-23-30-39)40-31-24-19-25-32-40/h17-25,27-32,41H,5-16,26,33-37H2,1-4H3,(H,46,47). The van der Waals surface area contributed by atoms with Gasteiger partial charge < -0.3 is 14.8 Å². The van der Waals surface area contributed by atoms with E-state index in [1.165, 1.54) is 70.6 Å². The number of esters is 1. The Bertz CT molecular complexity index is 1250. The second-order valence-corrected chi connectivity index (χ2v) is 15.9. The first-order valence-electron chi connectivity index (χ1n) is 19.6. The zero-order valence-electron chi connectivity index (χ0n) is 32.0. The number of unbranched alkanes of at least 4 members (excludes halogenated alkanes) is 12. The number of rotatable bonds is 26. The molecule has 0 aliphatic rings. The second-order valence-electron chi connectivity index (χ2n) is 14.8. The fourth-order valence-corrected chi connectivity index (χ4v) is 7.44. The largest absolute Gasteiger partial charge is 0.460 e. The highest BCUT2D eigenvalue weighted by Gasteiger charge is 2.38. The van der Waals surface area contributed by atoms with Crippen molar-refractivity contribution < 1.29 is 19.1 Å². The summed E-state index contributed by atoms with van der Waals surface area (Å²) in [6.45, 7) is 8.24. The maximum absolute atomic E-state index is 13.3. The van der Waals surface area contributed by atoms with Gasteiger partial charge in [-0.3, -0.25) is 9.59 Å². The summed E-state index contributed by atoms with van der Waals surface area (Å²) in [4.78, 5) is 25.7. The molecule has 1 amide bonds. The van der Waals surface area contributed by atoms with Gasteiger partial charge in [0.2, 0.25) is 5.91 Å². The van der Waals surface area contributed by atoms with E-state index in [1.807, 2.05) is 75.4 Å². The lowest BCUT2D eigenvalue weighted by Crippen LogP contribution is -2.44. The van der Waals surface area contributed by atoms with Crippen LogP contribution in [0.15, 0.2) is 91.0 Å². The van der Waals surface area contributed by atoms with Crippen molar-refractivity contribution in [3.8, 4) is 0 Å². The van der Waals surface area contributed by atoms with E-state index in [-0.39, 0.29) is 17.9 Å². The van der Waals surface area contributed by atoms with Gasteiger partial charge in [0.15, 0.2) is 0 Å². The average molecular weight is 716 g/mol. The van der Waals surface area contributed by atoms with Crippen molar-refractivity contribution in [1.82, 2.24) is 5.32 Å². The van der Waals surface area contributed by atoms with Gasteiger partial charge >= 0.3 is 5.97 Å². The summed E-state index contributed by atoms with van der Waals surface area (Å²) < 4.78 is 12.6. The van der Waals surface area contributed by atoms with E-state index in [9.17, 15) is 9.59 Å². The van der Waals surface area contributed by atoms with Crippen LogP contribution in [-0.2, 0) is 24.7 Å². The lowest BCUT2D eigenvalue weighted by Gasteiger charge is -2.37. The fraction of sp³-hybridized carbons (Fsp3) is 0.556. The topological polar surface area (TPSA) is 64.6 Å². The molecule has 5 nitrogen and oxygen atoms in total. The van der Waals surface area contributed by atoms with Crippen LogP contribution in [0.25, 0.3) is 0 Å². The van der Waals surface area contributed by atoms with Gasteiger partial charge in [-0.15, -0.1) is 0 Å². The highest BCUT2D eigenvalue weighted by molar-refractivity contribution is 7.99. The van der Waals surface area contributed by atoms with Crippen LogP contribution in [0.1, 0.15) is 141 Å². The molecule has 51 heavy (non-hydrogen) atoms. The van der Waals surface area contributed by atoms with Crippen LogP contribution in [0.5, 0.6) is 0 Å². The highest BCUT2D eigenvalue weighted by atomic mass is 32.2.